The topological polar surface area (TPSA) is 65.1 Å². The van der Waals surface area contributed by atoms with Gasteiger partial charge in [0.2, 0.25) is 0 Å². The summed E-state index contributed by atoms with van der Waals surface area (Å²) in [6, 6.07) is 0. The lowest BCUT2D eigenvalue weighted by Gasteiger charge is -2.31. The third kappa shape index (κ3) is 1.35. The second-order valence-electron chi connectivity index (χ2n) is 5.22. The number of fused-ring (bicyclic) bond motifs is 3. The quantitative estimate of drug-likeness (QED) is 0.489. The molecule has 0 N–H and O–H groups in total. The van der Waals surface area contributed by atoms with Crippen LogP contribution in [0, 0.1) is 23.7 Å². The maximum absolute atomic E-state index is 11.9. The Morgan fingerprint density at radius 1 is 1.29 bits per heavy atom. The van der Waals surface area contributed by atoms with E-state index in [-0.39, 0.29) is 42.1 Å². The molecule has 0 radical (unpaired) electrons. The largest absolute Gasteiger partial charge is 0.469 e. The smallest absolute Gasteiger partial charge is 0.310 e. The number of hydrogen-bond acceptors (Lipinski definition) is 5. The van der Waals surface area contributed by atoms with Crippen molar-refractivity contribution in [1.29, 1.82) is 0 Å². The normalized spacial score (nSPS) is 51.2. The lowest BCUT2D eigenvalue weighted by molar-refractivity contribution is -0.157. The SMILES string of the molecule is COC(=O)[C@H]1[C@@H](C)[C@@H]2O[C@@H]2[C@@H]2[C@H]1C(=O)O[C@H]2C. The van der Waals surface area contributed by atoms with E-state index >= 15 is 0 Å². The number of cyclic esters (lactones) is 1. The highest BCUT2D eigenvalue weighted by atomic mass is 16.6. The number of esters is 2. The summed E-state index contributed by atoms with van der Waals surface area (Å²) < 4.78 is 15.7. The Balaban J connectivity index is 1.96. The van der Waals surface area contributed by atoms with Crippen molar-refractivity contribution in [2.45, 2.75) is 32.2 Å². The molecule has 0 aromatic rings. The molecule has 3 aliphatic rings. The van der Waals surface area contributed by atoms with Gasteiger partial charge in [0.05, 0.1) is 31.2 Å². The average molecular weight is 240 g/mol. The first kappa shape index (κ1) is 11.0. The van der Waals surface area contributed by atoms with Crippen LogP contribution in [0.15, 0.2) is 0 Å². The summed E-state index contributed by atoms with van der Waals surface area (Å²) in [5.74, 6) is -1.40. The van der Waals surface area contributed by atoms with Gasteiger partial charge in [0.1, 0.15) is 6.10 Å². The molecule has 1 aliphatic carbocycles. The zero-order chi connectivity index (χ0) is 12.3. The van der Waals surface area contributed by atoms with Crippen LogP contribution >= 0.6 is 0 Å². The van der Waals surface area contributed by atoms with Crippen molar-refractivity contribution in [3.8, 4) is 0 Å². The molecule has 5 heteroatoms. The van der Waals surface area contributed by atoms with Gasteiger partial charge in [-0.2, -0.15) is 0 Å². The Morgan fingerprint density at radius 2 is 2.00 bits per heavy atom. The number of rotatable bonds is 1. The van der Waals surface area contributed by atoms with Crippen LogP contribution in [0.5, 0.6) is 0 Å². The second kappa shape index (κ2) is 3.45. The monoisotopic (exact) mass is 240 g/mol. The van der Waals surface area contributed by atoms with Crippen molar-refractivity contribution in [1.82, 2.24) is 0 Å². The molecule has 0 aromatic carbocycles. The first-order valence-electron chi connectivity index (χ1n) is 6.00. The fraction of sp³-hybridized carbons (Fsp3) is 0.833. The number of epoxide rings is 1. The van der Waals surface area contributed by atoms with E-state index < -0.39 is 11.8 Å². The van der Waals surface area contributed by atoms with Crippen molar-refractivity contribution in [3.63, 3.8) is 0 Å². The number of carbonyl (C=O) groups is 2. The van der Waals surface area contributed by atoms with Crippen LogP contribution < -0.4 is 0 Å². The summed E-state index contributed by atoms with van der Waals surface area (Å²) in [4.78, 5) is 23.7. The molecule has 0 spiro atoms. The standard InChI is InChI=1S/C12H16O5/c1-4-6(11(13)15-3)8-7(10-9(4)17-10)5(2)16-12(8)14/h4-10H,1-3H3/t4-,5+,6+,7+,8+,9+,10-/m1/s1. The molecule has 0 aromatic heterocycles. The van der Waals surface area contributed by atoms with Gasteiger partial charge in [0.15, 0.2) is 0 Å². The Kier molecular flexibility index (Phi) is 2.23. The van der Waals surface area contributed by atoms with E-state index in [2.05, 4.69) is 0 Å². The van der Waals surface area contributed by atoms with E-state index in [1.54, 1.807) is 0 Å². The summed E-state index contributed by atoms with van der Waals surface area (Å²) in [6.45, 7) is 3.81. The molecule has 2 heterocycles. The molecule has 7 atom stereocenters. The summed E-state index contributed by atoms with van der Waals surface area (Å²) >= 11 is 0. The molecule has 17 heavy (non-hydrogen) atoms. The van der Waals surface area contributed by atoms with Crippen molar-refractivity contribution >= 4 is 11.9 Å². The lowest BCUT2D eigenvalue weighted by Crippen LogP contribution is -2.45. The maximum Gasteiger partial charge on any atom is 0.310 e. The Labute approximate surface area is 99.4 Å². The number of hydrogen-bond donors (Lipinski definition) is 0. The molecule has 2 aliphatic heterocycles. The summed E-state index contributed by atoms with van der Waals surface area (Å²) in [7, 11) is 1.35. The molecule has 94 valence electrons. The van der Waals surface area contributed by atoms with E-state index in [0.717, 1.165) is 0 Å². The van der Waals surface area contributed by atoms with E-state index in [9.17, 15) is 9.59 Å². The number of methoxy groups -OCH3 is 1. The van der Waals surface area contributed by atoms with Crippen LogP contribution in [-0.2, 0) is 23.8 Å². The van der Waals surface area contributed by atoms with Gasteiger partial charge in [-0.1, -0.05) is 6.92 Å². The van der Waals surface area contributed by atoms with Crippen LogP contribution in [0.25, 0.3) is 0 Å². The van der Waals surface area contributed by atoms with Crippen LogP contribution in [-0.4, -0.2) is 37.4 Å². The van der Waals surface area contributed by atoms with Gasteiger partial charge < -0.3 is 14.2 Å². The van der Waals surface area contributed by atoms with E-state index in [4.69, 9.17) is 14.2 Å². The van der Waals surface area contributed by atoms with Gasteiger partial charge in [-0.25, -0.2) is 0 Å². The van der Waals surface area contributed by atoms with Crippen molar-refractivity contribution < 1.29 is 23.8 Å². The highest BCUT2D eigenvalue weighted by Gasteiger charge is 2.67. The van der Waals surface area contributed by atoms with Crippen LogP contribution in [0.1, 0.15) is 13.8 Å². The molecule has 0 unspecified atom stereocenters. The highest BCUT2D eigenvalue weighted by molar-refractivity contribution is 5.84. The van der Waals surface area contributed by atoms with Gasteiger partial charge in [-0.05, 0) is 12.8 Å². The zero-order valence-electron chi connectivity index (χ0n) is 10.1. The van der Waals surface area contributed by atoms with Crippen LogP contribution in [0.4, 0.5) is 0 Å². The van der Waals surface area contributed by atoms with Crippen molar-refractivity contribution in [3.05, 3.63) is 0 Å². The Morgan fingerprint density at radius 3 is 2.65 bits per heavy atom. The molecular weight excluding hydrogens is 224 g/mol. The van der Waals surface area contributed by atoms with Crippen LogP contribution in [0.3, 0.4) is 0 Å². The number of ether oxygens (including phenoxy) is 3. The van der Waals surface area contributed by atoms with Gasteiger partial charge >= 0.3 is 11.9 Å². The molecule has 0 amide bonds. The van der Waals surface area contributed by atoms with Crippen LogP contribution in [0.2, 0.25) is 0 Å². The Bertz CT molecular complexity index is 371. The fourth-order valence-electron chi connectivity index (χ4n) is 3.54. The highest BCUT2D eigenvalue weighted by Crippen LogP contribution is 2.54. The molecular formula is C12H16O5. The second-order valence-corrected chi connectivity index (χ2v) is 5.22. The molecule has 3 fully saturated rings. The zero-order valence-corrected chi connectivity index (χ0v) is 10.1. The molecule has 5 nitrogen and oxygen atoms in total. The van der Waals surface area contributed by atoms with E-state index in [1.807, 2.05) is 13.8 Å². The van der Waals surface area contributed by atoms with Gasteiger partial charge in [0.25, 0.3) is 0 Å². The van der Waals surface area contributed by atoms with Gasteiger partial charge in [-0.15, -0.1) is 0 Å². The minimum Gasteiger partial charge on any atom is -0.469 e. The summed E-state index contributed by atoms with van der Waals surface area (Å²) in [6.07, 6.45) is -0.00295. The van der Waals surface area contributed by atoms with Crippen molar-refractivity contribution in [2.24, 2.45) is 23.7 Å². The molecule has 1 saturated carbocycles. The van der Waals surface area contributed by atoms with Crippen molar-refractivity contribution in [2.75, 3.05) is 7.11 Å². The molecule has 2 saturated heterocycles. The Hall–Kier alpha value is -1.10. The predicted octanol–water partition coefficient (Wildman–Crippen LogP) is 0.370. The van der Waals surface area contributed by atoms with E-state index in [0.29, 0.717) is 0 Å². The van der Waals surface area contributed by atoms with E-state index in [1.165, 1.54) is 7.11 Å². The summed E-state index contributed by atoms with van der Waals surface area (Å²) in [5.41, 5.74) is 0. The third-order valence-corrected chi connectivity index (χ3v) is 4.42. The lowest BCUT2D eigenvalue weighted by atomic mass is 9.67. The van der Waals surface area contributed by atoms with Gasteiger partial charge in [-0.3, -0.25) is 9.59 Å². The fourth-order valence-corrected chi connectivity index (χ4v) is 3.54. The number of carbonyl (C=O) groups excluding carboxylic acids is 2. The molecule has 3 rings (SSSR count). The predicted molar refractivity (Wildman–Crippen MR) is 55.9 cm³/mol. The minimum atomic E-state index is -0.425. The molecule has 0 bridgehead atoms. The first-order valence-corrected chi connectivity index (χ1v) is 6.00. The average Bonchev–Trinajstić information content (AvgIpc) is 3.02. The minimum absolute atomic E-state index is 0.00722. The maximum atomic E-state index is 11.9. The van der Waals surface area contributed by atoms with Gasteiger partial charge in [0, 0.05) is 5.92 Å². The first-order chi connectivity index (χ1) is 8.06. The summed E-state index contributed by atoms with van der Waals surface area (Å²) in [5, 5.41) is 0. The third-order valence-electron chi connectivity index (χ3n) is 4.42.